The van der Waals surface area contributed by atoms with E-state index >= 15 is 0 Å². The third-order valence-electron chi connectivity index (χ3n) is 3.83. The van der Waals surface area contributed by atoms with E-state index in [4.69, 9.17) is 5.73 Å². The maximum Gasteiger partial charge on any atom is 0.251 e. The summed E-state index contributed by atoms with van der Waals surface area (Å²) in [7, 11) is 0. The molecule has 4 nitrogen and oxygen atoms in total. The van der Waals surface area contributed by atoms with E-state index in [1.54, 1.807) is 12.1 Å². The third kappa shape index (κ3) is 3.40. The Bertz CT molecular complexity index is 483. The number of nitrogens with two attached hydrogens (primary N) is 1. The van der Waals surface area contributed by atoms with Crippen LogP contribution in [0.25, 0.3) is 0 Å². The van der Waals surface area contributed by atoms with Gasteiger partial charge < -0.3 is 16.2 Å². The third-order valence-corrected chi connectivity index (χ3v) is 3.83. The SMILES string of the molecule is CC1(C)CCCC(NC(=O)c2ccc(N)c(O)c2)C1. The van der Waals surface area contributed by atoms with Gasteiger partial charge in [0.2, 0.25) is 0 Å². The molecule has 1 unspecified atom stereocenters. The molecule has 1 amide bonds. The fraction of sp³-hybridized carbons (Fsp3) is 0.533. The molecule has 0 saturated heterocycles. The van der Waals surface area contributed by atoms with Gasteiger partial charge >= 0.3 is 0 Å². The highest BCUT2D eigenvalue weighted by Crippen LogP contribution is 2.35. The number of nitrogens with one attached hydrogen (secondary N) is 1. The van der Waals surface area contributed by atoms with Gasteiger partial charge in [-0.15, -0.1) is 0 Å². The molecular formula is C15H22N2O2. The van der Waals surface area contributed by atoms with E-state index in [0.29, 0.717) is 11.0 Å². The van der Waals surface area contributed by atoms with Gasteiger partial charge in [0, 0.05) is 11.6 Å². The molecule has 0 radical (unpaired) electrons. The number of hydrogen-bond donors (Lipinski definition) is 3. The summed E-state index contributed by atoms with van der Waals surface area (Å²) in [5.41, 5.74) is 6.56. The number of aromatic hydroxyl groups is 1. The van der Waals surface area contributed by atoms with Gasteiger partial charge in [-0.1, -0.05) is 20.3 Å². The van der Waals surface area contributed by atoms with Crippen LogP contribution < -0.4 is 11.1 Å². The predicted octanol–water partition coefficient (Wildman–Crippen LogP) is 2.67. The Morgan fingerprint density at radius 2 is 2.21 bits per heavy atom. The molecule has 0 spiro atoms. The Balaban J connectivity index is 2.02. The summed E-state index contributed by atoms with van der Waals surface area (Å²) in [6, 6.07) is 4.82. The van der Waals surface area contributed by atoms with E-state index in [0.717, 1.165) is 19.3 Å². The fourth-order valence-electron chi connectivity index (χ4n) is 2.78. The molecule has 104 valence electrons. The molecule has 1 aliphatic carbocycles. The average molecular weight is 262 g/mol. The number of phenols is 1. The van der Waals surface area contributed by atoms with Crippen LogP contribution in [0, 0.1) is 5.41 Å². The van der Waals surface area contributed by atoms with Crippen molar-refractivity contribution in [1.29, 1.82) is 0 Å². The van der Waals surface area contributed by atoms with Gasteiger partial charge in [0.05, 0.1) is 5.69 Å². The first-order valence-electron chi connectivity index (χ1n) is 6.77. The quantitative estimate of drug-likeness (QED) is 0.566. The number of carbonyl (C=O) groups excluding carboxylic acids is 1. The molecule has 0 bridgehead atoms. The first kappa shape index (κ1) is 13.7. The summed E-state index contributed by atoms with van der Waals surface area (Å²) in [5, 5.41) is 12.6. The van der Waals surface area contributed by atoms with Crippen LogP contribution in [-0.2, 0) is 0 Å². The maximum atomic E-state index is 12.1. The predicted molar refractivity (Wildman–Crippen MR) is 76.0 cm³/mol. The number of carbonyl (C=O) groups is 1. The Kier molecular flexibility index (Phi) is 3.69. The van der Waals surface area contributed by atoms with Gasteiger partial charge in [0.25, 0.3) is 5.91 Å². The van der Waals surface area contributed by atoms with Crippen molar-refractivity contribution in [2.24, 2.45) is 5.41 Å². The van der Waals surface area contributed by atoms with Crippen LogP contribution in [0.2, 0.25) is 0 Å². The highest BCUT2D eigenvalue weighted by Gasteiger charge is 2.28. The summed E-state index contributed by atoms with van der Waals surface area (Å²) in [5.74, 6) is -0.186. The Morgan fingerprint density at radius 1 is 1.47 bits per heavy atom. The Morgan fingerprint density at radius 3 is 2.84 bits per heavy atom. The van der Waals surface area contributed by atoms with E-state index in [1.807, 2.05) is 0 Å². The Labute approximate surface area is 114 Å². The van der Waals surface area contributed by atoms with E-state index in [2.05, 4.69) is 19.2 Å². The van der Waals surface area contributed by atoms with Crippen molar-refractivity contribution < 1.29 is 9.90 Å². The minimum absolute atomic E-state index is 0.0448. The number of rotatable bonds is 2. The van der Waals surface area contributed by atoms with Gasteiger partial charge in [-0.05, 0) is 42.9 Å². The molecule has 1 atom stereocenters. The summed E-state index contributed by atoms with van der Waals surface area (Å²) in [6.07, 6.45) is 4.38. The molecule has 1 fully saturated rings. The second kappa shape index (κ2) is 5.11. The molecule has 19 heavy (non-hydrogen) atoms. The largest absolute Gasteiger partial charge is 0.506 e. The molecular weight excluding hydrogens is 240 g/mol. The molecule has 1 aromatic rings. The van der Waals surface area contributed by atoms with Crippen molar-refractivity contribution in [3.8, 4) is 5.75 Å². The lowest BCUT2D eigenvalue weighted by atomic mass is 9.75. The lowest BCUT2D eigenvalue weighted by molar-refractivity contribution is 0.0902. The summed E-state index contributed by atoms with van der Waals surface area (Å²) in [6.45, 7) is 4.47. The molecule has 4 N–H and O–H groups in total. The van der Waals surface area contributed by atoms with Gasteiger partial charge in [-0.3, -0.25) is 4.79 Å². The highest BCUT2D eigenvalue weighted by molar-refractivity contribution is 5.95. The van der Waals surface area contributed by atoms with Crippen LogP contribution >= 0.6 is 0 Å². The van der Waals surface area contributed by atoms with Gasteiger partial charge in [-0.2, -0.15) is 0 Å². The smallest absolute Gasteiger partial charge is 0.251 e. The molecule has 1 aromatic carbocycles. The zero-order chi connectivity index (χ0) is 14.0. The van der Waals surface area contributed by atoms with Gasteiger partial charge in [0.15, 0.2) is 0 Å². The number of benzene rings is 1. The monoisotopic (exact) mass is 262 g/mol. The van der Waals surface area contributed by atoms with E-state index in [1.165, 1.54) is 12.5 Å². The summed E-state index contributed by atoms with van der Waals surface area (Å²) < 4.78 is 0. The van der Waals surface area contributed by atoms with Crippen LogP contribution in [-0.4, -0.2) is 17.1 Å². The second-order valence-electron chi connectivity index (χ2n) is 6.20. The van der Waals surface area contributed by atoms with Crippen LogP contribution in [0.15, 0.2) is 18.2 Å². The molecule has 1 aliphatic rings. The van der Waals surface area contributed by atoms with Crippen molar-refractivity contribution >= 4 is 11.6 Å². The zero-order valence-corrected chi connectivity index (χ0v) is 11.6. The van der Waals surface area contributed by atoms with Gasteiger partial charge in [0.1, 0.15) is 5.75 Å². The van der Waals surface area contributed by atoms with Crippen molar-refractivity contribution in [3.63, 3.8) is 0 Å². The number of anilines is 1. The first-order chi connectivity index (χ1) is 8.87. The molecule has 4 heteroatoms. The van der Waals surface area contributed by atoms with Crippen molar-refractivity contribution in [2.75, 3.05) is 5.73 Å². The number of phenolic OH excluding ortho intramolecular Hbond substituents is 1. The second-order valence-corrected chi connectivity index (χ2v) is 6.20. The van der Waals surface area contributed by atoms with Crippen molar-refractivity contribution in [2.45, 2.75) is 45.6 Å². The minimum atomic E-state index is -0.141. The lowest BCUT2D eigenvalue weighted by Crippen LogP contribution is -2.40. The van der Waals surface area contributed by atoms with Crippen LogP contribution in [0.4, 0.5) is 5.69 Å². The van der Waals surface area contributed by atoms with Crippen LogP contribution in [0.1, 0.15) is 49.9 Å². The molecule has 0 aromatic heterocycles. The van der Waals surface area contributed by atoms with E-state index < -0.39 is 0 Å². The molecule has 1 saturated carbocycles. The fourth-order valence-corrected chi connectivity index (χ4v) is 2.78. The lowest BCUT2D eigenvalue weighted by Gasteiger charge is -2.35. The molecule has 0 aliphatic heterocycles. The van der Waals surface area contributed by atoms with Crippen molar-refractivity contribution in [1.82, 2.24) is 5.32 Å². The topological polar surface area (TPSA) is 75.4 Å². The highest BCUT2D eigenvalue weighted by atomic mass is 16.3. The summed E-state index contributed by atoms with van der Waals surface area (Å²) in [4.78, 5) is 12.1. The molecule has 0 heterocycles. The first-order valence-corrected chi connectivity index (χ1v) is 6.77. The maximum absolute atomic E-state index is 12.1. The standard InChI is InChI=1S/C15H22N2O2/c1-15(2)7-3-4-11(9-15)17-14(19)10-5-6-12(16)13(18)8-10/h5-6,8,11,18H,3-4,7,9,16H2,1-2H3,(H,17,19). The number of hydrogen-bond acceptors (Lipinski definition) is 3. The van der Waals surface area contributed by atoms with Gasteiger partial charge in [-0.25, -0.2) is 0 Å². The zero-order valence-electron chi connectivity index (χ0n) is 11.6. The van der Waals surface area contributed by atoms with E-state index in [9.17, 15) is 9.90 Å². The van der Waals surface area contributed by atoms with Crippen molar-refractivity contribution in [3.05, 3.63) is 23.8 Å². The number of amides is 1. The molecule has 2 rings (SSSR count). The van der Waals surface area contributed by atoms with Crippen LogP contribution in [0.5, 0.6) is 5.75 Å². The Hall–Kier alpha value is -1.71. The van der Waals surface area contributed by atoms with Crippen LogP contribution in [0.3, 0.4) is 0 Å². The summed E-state index contributed by atoms with van der Waals surface area (Å²) >= 11 is 0. The average Bonchev–Trinajstić information content (AvgIpc) is 2.31. The number of nitrogen functional groups attached to an aromatic ring is 1. The normalized spacial score (nSPS) is 21.9. The van der Waals surface area contributed by atoms with E-state index in [-0.39, 0.29) is 23.4 Å². The minimum Gasteiger partial charge on any atom is -0.506 e.